The van der Waals surface area contributed by atoms with Gasteiger partial charge in [0.2, 0.25) is 5.91 Å². The lowest BCUT2D eigenvalue weighted by Gasteiger charge is -2.37. The smallest absolute Gasteiger partial charge is 0.270 e. The van der Waals surface area contributed by atoms with Crippen LogP contribution in [0.5, 0.6) is 0 Å². The Morgan fingerprint density at radius 2 is 1.71 bits per heavy atom. The van der Waals surface area contributed by atoms with Gasteiger partial charge >= 0.3 is 0 Å². The van der Waals surface area contributed by atoms with E-state index >= 15 is 0 Å². The molecule has 0 bridgehead atoms. The molecule has 2 amide bonds. The third-order valence-corrected chi connectivity index (χ3v) is 6.45. The molecule has 0 radical (unpaired) electrons. The van der Waals surface area contributed by atoms with Crippen molar-refractivity contribution in [2.75, 3.05) is 31.5 Å². The summed E-state index contributed by atoms with van der Waals surface area (Å²) in [6.45, 7) is 5.46. The van der Waals surface area contributed by atoms with E-state index in [1.165, 1.54) is 6.92 Å². The SMILES string of the molecule is CC(=O)c1oc2ccccc2c1NC(=O)C(C)N1CCN(C(=O)c2cc3ccccc3[nH]2)CC1. The molecule has 34 heavy (non-hydrogen) atoms. The average molecular weight is 459 g/mol. The molecule has 2 aromatic carbocycles. The molecule has 1 unspecified atom stereocenters. The van der Waals surface area contributed by atoms with Crippen LogP contribution in [-0.4, -0.2) is 64.6 Å². The van der Waals surface area contributed by atoms with Crippen molar-refractivity contribution in [3.63, 3.8) is 0 Å². The lowest BCUT2D eigenvalue weighted by molar-refractivity contribution is -0.121. The van der Waals surface area contributed by atoms with Gasteiger partial charge in [-0.15, -0.1) is 0 Å². The van der Waals surface area contributed by atoms with Gasteiger partial charge in [-0.3, -0.25) is 19.3 Å². The number of hydrogen-bond donors (Lipinski definition) is 2. The van der Waals surface area contributed by atoms with Crippen LogP contribution in [0.3, 0.4) is 0 Å². The molecule has 1 fully saturated rings. The lowest BCUT2D eigenvalue weighted by atomic mass is 10.1. The summed E-state index contributed by atoms with van der Waals surface area (Å²) < 4.78 is 5.67. The van der Waals surface area contributed by atoms with Crippen molar-refractivity contribution in [2.45, 2.75) is 19.9 Å². The molecule has 1 aliphatic rings. The van der Waals surface area contributed by atoms with E-state index in [4.69, 9.17) is 4.42 Å². The Morgan fingerprint density at radius 1 is 1.00 bits per heavy atom. The van der Waals surface area contributed by atoms with Gasteiger partial charge in [-0.25, -0.2) is 0 Å². The molecule has 174 valence electrons. The van der Waals surface area contributed by atoms with Crippen LogP contribution in [0, 0.1) is 0 Å². The molecule has 8 heteroatoms. The molecule has 0 saturated carbocycles. The Hall–Kier alpha value is -3.91. The number of furan rings is 1. The monoisotopic (exact) mass is 458 g/mol. The number of nitrogens with zero attached hydrogens (tertiary/aromatic N) is 2. The highest BCUT2D eigenvalue weighted by Crippen LogP contribution is 2.31. The predicted octanol–water partition coefficient (Wildman–Crippen LogP) is 3.90. The number of piperazine rings is 1. The van der Waals surface area contributed by atoms with Crippen molar-refractivity contribution in [3.8, 4) is 0 Å². The molecule has 8 nitrogen and oxygen atoms in total. The van der Waals surface area contributed by atoms with Crippen LogP contribution >= 0.6 is 0 Å². The molecule has 4 aromatic rings. The maximum atomic E-state index is 13.1. The van der Waals surface area contributed by atoms with Crippen molar-refractivity contribution < 1.29 is 18.8 Å². The van der Waals surface area contributed by atoms with Gasteiger partial charge in [-0.05, 0) is 31.2 Å². The highest BCUT2D eigenvalue weighted by atomic mass is 16.3. The number of aromatic nitrogens is 1. The van der Waals surface area contributed by atoms with Gasteiger partial charge < -0.3 is 19.6 Å². The molecular formula is C26H26N4O4. The van der Waals surface area contributed by atoms with Crippen molar-refractivity contribution >= 4 is 45.2 Å². The first-order valence-corrected chi connectivity index (χ1v) is 11.4. The minimum atomic E-state index is -0.432. The van der Waals surface area contributed by atoms with Crippen LogP contribution in [0.25, 0.3) is 21.9 Å². The number of benzene rings is 2. The molecule has 1 atom stereocenters. The first kappa shape index (κ1) is 21.9. The lowest BCUT2D eigenvalue weighted by Crippen LogP contribution is -2.54. The molecule has 2 aromatic heterocycles. The maximum Gasteiger partial charge on any atom is 0.270 e. The Morgan fingerprint density at radius 3 is 2.44 bits per heavy atom. The van der Waals surface area contributed by atoms with Crippen LogP contribution in [-0.2, 0) is 4.79 Å². The number of amides is 2. The Bertz CT molecular complexity index is 1360. The van der Waals surface area contributed by atoms with Crippen LogP contribution in [0.2, 0.25) is 0 Å². The molecule has 5 rings (SSSR count). The number of hydrogen-bond acceptors (Lipinski definition) is 5. The molecule has 2 N–H and O–H groups in total. The zero-order valence-corrected chi connectivity index (χ0v) is 19.1. The number of aromatic amines is 1. The van der Waals surface area contributed by atoms with Crippen LogP contribution in [0.15, 0.2) is 59.0 Å². The Kier molecular flexibility index (Phi) is 5.67. The van der Waals surface area contributed by atoms with E-state index in [1.807, 2.05) is 65.3 Å². The van der Waals surface area contributed by atoms with Gasteiger partial charge in [0.25, 0.3) is 5.91 Å². The van der Waals surface area contributed by atoms with Gasteiger partial charge in [0.1, 0.15) is 11.3 Å². The maximum absolute atomic E-state index is 13.1. The summed E-state index contributed by atoms with van der Waals surface area (Å²) in [4.78, 5) is 45.2. The summed E-state index contributed by atoms with van der Waals surface area (Å²) in [5.41, 5.74) is 2.47. The molecular weight excluding hydrogens is 432 g/mol. The van der Waals surface area contributed by atoms with Gasteiger partial charge in [-0.2, -0.15) is 0 Å². The number of carbonyl (C=O) groups excluding carboxylic acids is 3. The minimum Gasteiger partial charge on any atom is -0.451 e. The van der Waals surface area contributed by atoms with Gasteiger partial charge in [0.15, 0.2) is 11.5 Å². The largest absolute Gasteiger partial charge is 0.451 e. The van der Waals surface area contributed by atoms with Gasteiger partial charge in [-0.1, -0.05) is 30.3 Å². The van der Waals surface area contributed by atoms with Gasteiger partial charge in [0, 0.05) is 49.4 Å². The van der Waals surface area contributed by atoms with Gasteiger partial charge in [0.05, 0.1) is 11.7 Å². The van der Waals surface area contributed by atoms with Crippen molar-refractivity contribution in [2.24, 2.45) is 0 Å². The van der Waals surface area contributed by atoms with E-state index < -0.39 is 6.04 Å². The van der Waals surface area contributed by atoms with Crippen LogP contribution < -0.4 is 5.32 Å². The first-order chi connectivity index (χ1) is 16.4. The highest BCUT2D eigenvalue weighted by Gasteiger charge is 2.30. The van der Waals surface area contributed by atoms with Crippen molar-refractivity contribution in [1.82, 2.24) is 14.8 Å². The molecule has 1 aliphatic heterocycles. The third-order valence-electron chi connectivity index (χ3n) is 6.45. The van der Waals surface area contributed by atoms with E-state index in [9.17, 15) is 14.4 Å². The quantitative estimate of drug-likeness (QED) is 0.442. The number of anilines is 1. The number of Topliss-reactive ketones (excluding diaryl/α,β-unsaturated/α-hetero) is 1. The normalized spacial score (nSPS) is 15.5. The van der Waals surface area contributed by atoms with E-state index in [0.29, 0.717) is 48.5 Å². The van der Waals surface area contributed by atoms with E-state index in [1.54, 1.807) is 6.07 Å². The Balaban J connectivity index is 1.24. The molecule has 0 spiro atoms. The first-order valence-electron chi connectivity index (χ1n) is 11.4. The fourth-order valence-corrected chi connectivity index (χ4v) is 4.48. The van der Waals surface area contributed by atoms with E-state index in [-0.39, 0.29) is 23.4 Å². The molecule has 3 heterocycles. The predicted molar refractivity (Wildman–Crippen MR) is 130 cm³/mol. The second-order valence-corrected chi connectivity index (χ2v) is 8.62. The number of nitrogens with one attached hydrogen (secondary N) is 2. The summed E-state index contributed by atoms with van der Waals surface area (Å²) in [5, 5.41) is 4.61. The summed E-state index contributed by atoms with van der Waals surface area (Å²) in [6.07, 6.45) is 0. The standard InChI is InChI=1S/C26H26N4O4/c1-16(25(32)28-23-19-8-4-6-10-22(19)34-24(23)17(2)31)29-11-13-30(14-12-29)26(33)21-15-18-7-3-5-9-20(18)27-21/h3-10,15-16,27H,11-14H2,1-2H3,(H,28,32). The second-order valence-electron chi connectivity index (χ2n) is 8.62. The van der Waals surface area contributed by atoms with E-state index in [2.05, 4.69) is 10.3 Å². The highest BCUT2D eigenvalue weighted by molar-refractivity contribution is 6.11. The summed E-state index contributed by atoms with van der Waals surface area (Å²) in [5.74, 6) is -0.355. The summed E-state index contributed by atoms with van der Waals surface area (Å²) >= 11 is 0. The fourth-order valence-electron chi connectivity index (χ4n) is 4.48. The minimum absolute atomic E-state index is 0.0380. The zero-order valence-electron chi connectivity index (χ0n) is 19.1. The number of ketones is 1. The summed E-state index contributed by atoms with van der Waals surface area (Å²) in [6, 6.07) is 16.5. The molecule has 0 aliphatic carbocycles. The number of H-pyrrole nitrogens is 1. The van der Waals surface area contributed by atoms with E-state index in [0.717, 1.165) is 10.9 Å². The van der Waals surface area contributed by atoms with Crippen LogP contribution in [0.4, 0.5) is 5.69 Å². The van der Waals surface area contributed by atoms with Crippen LogP contribution in [0.1, 0.15) is 34.9 Å². The topological polar surface area (TPSA) is 98.7 Å². The number of para-hydroxylation sites is 2. The van der Waals surface area contributed by atoms with Crippen molar-refractivity contribution in [3.05, 3.63) is 66.1 Å². The average Bonchev–Trinajstić information content (AvgIpc) is 3.45. The number of rotatable bonds is 5. The summed E-state index contributed by atoms with van der Waals surface area (Å²) in [7, 11) is 0. The fraction of sp³-hybridized carbons (Fsp3) is 0.269. The number of fused-ring (bicyclic) bond motifs is 2. The second kappa shape index (κ2) is 8.79. The van der Waals surface area contributed by atoms with Crippen molar-refractivity contribution in [1.29, 1.82) is 0 Å². The Labute approximate surface area is 196 Å². The molecule has 1 saturated heterocycles. The third kappa shape index (κ3) is 3.97. The zero-order chi connectivity index (χ0) is 23.8. The number of carbonyl (C=O) groups is 3.